The minimum Gasteiger partial charge on any atom is -0.352 e. The van der Waals surface area contributed by atoms with E-state index in [0.717, 1.165) is 18.4 Å². The molecule has 0 saturated heterocycles. The Kier molecular flexibility index (Phi) is 5.79. The summed E-state index contributed by atoms with van der Waals surface area (Å²) in [6.07, 6.45) is 1.69. The van der Waals surface area contributed by atoms with Gasteiger partial charge in [-0.3, -0.25) is 4.79 Å². The van der Waals surface area contributed by atoms with Crippen molar-refractivity contribution in [1.29, 1.82) is 0 Å². The molecule has 0 spiro atoms. The van der Waals surface area contributed by atoms with E-state index in [4.69, 9.17) is 23.2 Å². The molecule has 0 aliphatic heterocycles. The number of halogens is 2. The molecule has 0 fully saturated rings. The number of alkyl halides is 1. The van der Waals surface area contributed by atoms with Crippen LogP contribution >= 0.6 is 23.2 Å². The monoisotopic (exact) mass is 273 g/mol. The van der Waals surface area contributed by atoms with E-state index in [1.54, 1.807) is 18.2 Å². The smallest absolute Gasteiger partial charge is 0.251 e. The third-order valence-corrected chi connectivity index (χ3v) is 3.63. The van der Waals surface area contributed by atoms with Gasteiger partial charge in [0.15, 0.2) is 0 Å². The summed E-state index contributed by atoms with van der Waals surface area (Å²) >= 11 is 11.9. The van der Waals surface area contributed by atoms with Gasteiger partial charge in [-0.25, -0.2) is 0 Å². The topological polar surface area (TPSA) is 29.1 Å². The lowest BCUT2D eigenvalue weighted by Gasteiger charge is -2.10. The second-order valence-electron chi connectivity index (χ2n) is 3.96. The second kappa shape index (κ2) is 6.87. The fraction of sp³-hybridized carbons (Fsp3) is 0.462. The van der Waals surface area contributed by atoms with Gasteiger partial charge < -0.3 is 5.32 Å². The number of carbonyl (C=O) groups excluding carboxylic acids is 1. The van der Waals surface area contributed by atoms with Gasteiger partial charge in [-0.1, -0.05) is 24.6 Å². The maximum Gasteiger partial charge on any atom is 0.251 e. The van der Waals surface area contributed by atoms with E-state index in [1.807, 2.05) is 13.8 Å². The Labute approximate surface area is 112 Å². The van der Waals surface area contributed by atoms with Crippen LogP contribution in [-0.2, 0) is 0 Å². The van der Waals surface area contributed by atoms with E-state index in [2.05, 4.69) is 5.32 Å². The third kappa shape index (κ3) is 4.21. The maximum atomic E-state index is 11.9. The van der Waals surface area contributed by atoms with Crippen molar-refractivity contribution >= 4 is 29.1 Å². The van der Waals surface area contributed by atoms with Crippen molar-refractivity contribution < 1.29 is 4.79 Å². The predicted molar refractivity (Wildman–Crippen MR) is 73.1 cm³/mol. The highest BCUT2D eigenvalue weighted by molar-refractivity contribution is 6.31. The van der Waals surface area contributed by atoms with E-state index >= 15 is 0 Å². The zero-order valence-electron chi connectivity index (χ0n) is 10.1. The zero-order chi connectivity index (χ0) is 12.8. The highest BCUT2D eigenvalue weighted by Gasteiger charge is 2.10. The van der Waals surface area contributed by atoms with Crippen LogP contribution in [0.3, 0.4) is 0 Å². The molecule has 0 aromatic heterocycles. The number of benzene rings is 1. The molecule has 0 radical (unpaired) electrons. The van der Waals surface area contributed by atoms with Crippen LogP contribution in [0.1, 0.15) is 35.7 Å². The molecule has 0 aliphatic rings. The Balaban J connectivity index is 2.56. The molecule has 0 aliphatic carbocycles. The van der Waals surface area contributed by atoms with Gasteiger partial charge in [0.25, 0.3) is 5.91 Å². The third-order valence-electron chi connectivity index (χ3n) is 2.70. The summed E-state index contributed by atoms with van der Waals surface area (Å²) in [5.74, 6) is -0.0926. The van der Waals surface area contributed by atoms with Gasteiger partial charge in [0.05, 0.1) is 0 Å². The van der Waals surface area contributed by atoms with E-state index in [0.29, 0.717) is 17.1 Å². The average molecular weight is 274 g/mol. The van der Waals surface area contributed by atoms with Gasteiger partial charge in [-0.05, 0) is 37.5 Å². The van der Waals surface area contributed by atoms with E-state index in [1.165, 1.54) is 0 Å². The van der Waals surface area contributed by atoms with Crippen molar-refractivity contribution in [3.63, 3.8) is 0 Å². The molecule has 1 amide bonds. The molecule has 0 heterocycles. The maximum absolute atomic E-state index is 11.9. The lowest BCUT2D eigenvalue weighted by atomic mass is 10.1. The molecule has 1 aromatic carbocycles. The highest BCUT2D eigenvalue weighted by atomic mass is 35.5. The molecule has 1 N–H and O–H groups in total. The van der Waals surface area contributed by atoms with Crippen molar-refractivity contribution in [2.75, 3.05) is 6.54 Å². The summed E-state index contributed by atoms with van der Waals surface area (Å²) in [6, 6.07) is 5.33. The molecule has 4 heteroatoms. The minimum absolute atomic E-state index is 0.0926. The summed E-state index contributed by atoms with van der Waals surface area (Å²) in [5.41, 5.74) is 1.43. The molecule has 1 atom stereocenters. The largest absolute Gasteiger partial charge is 0.352 e. The SMILES string of the molecule is CCC(Cl)CCNC(=O)c1cccc(Cl)c1C. The molecule has 1 rings (SSSR count). The summed E-state index contributed by atoms with van der Waals surface area (Å²) < 4.78 is 0. The molecule has 1 aromatic rings. The average Bonchev–Trinajstić information content (AvgIpc) is 2.32. The van der Waals surface area contributed by atoms with Gasteiger partial charge in [-0.2, -0.15) is 0 Å². The number of hydrogen-bond donors (Lipinski definition) is 1. The second-order valence-corrected chi connectivity index (χ2v) is 4.99. The molecular weight excluding hydrogens is 257 g/mol. The summed E-state index contributed by atoms with van der Waals surface area (Å²) in [6.45, 7) is 4.46. The molecule has 2 nitrogen and oxygen atoms in total. The van der Waals surface area contributed by atoms with Crippen molar-refractivity contribution in [2.24, 2.45) is 0 Å². The van der Waals surface area contributed by atoms with Gasteiger partial charge >= 0.3 is 0 Å². The Morgan fingerprint density at radius 3 is 2.82 bits per heavy atom. The van der Waals surface area contributed by atoms with E-state index in [9.17, 15) is 4.79 Å². The van der Waals surface area contributed by atoms with E-state index < -0.39 is 0 Å². The molecule has 17 heavy (non-hydrogen) atoms. The van der Waals surface area contributed by atoms with Crippen LogP contribution in [-0.4, -0.2) is 17.8 Å². The van der Waals surface area contributed by atoms with Crippen LogP contribution in [0.25, 0.3) is 0 Å². The first-order chi connectivity index (χ1) is 8.06. The van der Waals surface area contributed by atoms with Crippen LogP contribution in [0, 0.1) is 6.92 Å². The molecule has 0 bridgehead atoms. The van der Waals surface area contributed by atoms with Crippen molar-refractivity contribution in [3.8, 4) is 0 Å². The minimum atomic E-state index is -0.0926. The Hall–Kier alpha value is -0.730. The van der Waals surface area contributed by atoms with Crippen LogP contribution < -0.4 is 5.32 Å². The van der Waals surface area contributed by atoms with Crippen molar-refractivity contribution in [3.05, 3.63) is 34.3 Å². The van der Waals surface area contributed by atoms with Crippen LogP contribution in [0.4, 0.5) is 0 Å². The first-order valence-corrected chi connectivity index (χ1v) is 6.55. The number of carbonyl (C=O) groups is 1. The highest BCUT2D eigenvalue weighted by Crippen LogP contribution is 2.18. The molecular formula is C13H17Cl2NO. The summed E-state index contributed by atoms with van der Waals surface area (Å²) in [7, 11) is 0. The predicted octanol–water partition coefficient (Wildman–Crippen LogP) is 3.79. The zero-order valence-corrected chi connectivity index (χ0v) is 11.6. The standard InChI is InChI=1S/C13H17Cl2NO/c1-3-10(14)7-8-16-13(17)11-5-4-6-12(15)9(11)2/h4-6,10H,3,7-8H2,1-2H3,(H,16,17). The lowest BCUT2D eigenvalue weighted by Crippen LogP contribution is -2.26. The first kappa shape index (κ1) is 14.3. The fourth-order valence-electron chi connectivity index (χ4n) is 1.50. The lowest BCUT2D eigenvalue weighted by molar-refractivity contribution is 0.0952. The molecule has 0 saturated carbocycles. The number of amides is 1. The first-order valence-electron chi connectivity index (χ1n) is 5.73. The van der Waals surface area contributed by atoms with Crippen LogP contribution in [0.5, 0.6) is 0 Å². The quantitative estimate of drug-likeness (QED) is 0.813. The number of hydrogen-bond acceptors (Lipinski definition) is 1. The van der Waals surface area contributed by atoms with Gasteiger partial charge in [-0.15, -0.1) is 11.6 Å². The van der Waals surface area contributed by atoms with Gasteiger partial charge in [0, 0.05) is 22.5 Å². The summed E-state index contributed by atoms with van der Waals surface area (Å²) in [5, 5.41) is 3.58. The van der Waals surface area contributed by atoms with Crippen LogP contribution in [0.15, 0.2) is 18.2 Å². The number of nitrogens with one attached hydrogen (secondary N) is 1. The number of rotatable bonds is 5. The fourth-order valence-corrected chi connectivity index (χ4v) is 1.78. The van der Waals surface area contributed by atoms with E-state index in [-0.39, 0.29) is 11.3 Å². The Bertz CT molecular complexity index is 393. The van der Waals surface area contributed by atoms with Crippen molar-refractivity contribution in [2.45, 2.75) is 32.1 Å². The Morgan fingerprint density at radius 2 is 2.18 bits per heavy atom. The van der Waals surface area contributed by atoms with Gasteiger partial charge in [0.1, 0.15) is 0 Å². The molecule has 1 unspecified atom stereocenters. The summed E-state index contributed by atoms with van der Waals surface area (Å²) in [4.78, 5) is 11.9. The normalized spacial score (nSPS) is 12.2. The Morgan fingerprint density at radius 1 is 1.47 bits per heavy atom. The molecule has 94 valence electrons. The van der Waals surface area contributed by atoms with Crippen molar-refractivity contribution in [1.82, 2.24) is 5.32 Å². The van der Waals surface area contributed by atoms with Gasteiger partial charge in [0.2, 0.25) is 0 Å². The van der Waals surface area contributed by atoms with Crippen LogP contribution in [0.2, 0.25) is 5.02 Å².